The molecule has 1 heterocycles. The fourth-order valence-corrected chi connectivity index (χ4v) is 2.86. The monoisotopic (exact) mass is 387 g/mol. The van der Waals surface area contributed by atoms with Crippen LogP contribution < -0.4 is 5.43 Å². The van der Waals surface area contributed by atoms with E-state index in [1.165, 1.54) is 24.1 Å². The van der Waals surface area contributed by atoms with Crippen LogP contribution in [0.4, 0.5) is 5.69 Å². The van der Waals surface area contributed by atoms with Gasteiger partial charge in [-0.1, -0.05) is 40.2 Å². The maximum atomic E-state index is 12.0. The minimum Gasteiger partial charge on any atom is -0.295 e. The van der Waals surface area contributed by atoms with Crippen LogP contribution >= 0.6 is 15.9 Å². The molecule has 7 heteroatoms. The zero-order chi connectivity index (χ0) is 17.3. The topological polar surface area (TPSA) is 75.5 Å². The molecule has 0 fully saturated rings. The Balaban J connectivity index is 1.99. The highest BCUT2D eigenvalue weighted by Gasteiger charge is 2.29. The van der Waals surface area contributed by atoms with Gasteiger partial charge in [-0.05, 0) is 23.8 Å². The minimum atomic E-state index is -0.437. The maximum Gasteiger partial charge on any atom is 0.270 e. The molecule has 0 radical (unpaired) electrons. The van der Waals surface area contributed by atoms with E-state index in [0.717, 1.165) is 10.0 Å². The average Bonchev–Trinajstić information content (AvgIpc) is 3.01. The van der Waals surface area contributed by atoms with E-state index >= 15 is 0 Å². The third-order valence-corrected chi connectivity index (χ3v) is 4.29. The van der Waals surface area contributed by atoms with Crippen LogP contribution in [-0.2, 0) is 4.79 Å². The Kier molecular flexibility index (Phi) is 4.35. The van der Waals surface area contributed by atoms with Gasteiger partial charge in [-0.2, -0.15) is 0 Å². The SMILES string of the molecule is CC(=O)N1NC(c2cccc([N+](=O)[O-])c2)=C[C@@H]1c1ccc(Br)cc1. The standard InChI is InChI=1S/C17H14BrN3O3/c1-11(22)20-17(12-5-7-14(18)8-6-12)10-16(19-20)13-3-2-4-15(9-13)21(23)24/h2-10,17,19H,1H3/t17-/m1/s1. The van der Waals surface area contributed by atoms with Gasteiger partial charge >= 0.3 is 0 Å². The highest BCUT2D eigenvalue weighted by molar-refractivity contribution is 9.10. The Morgan fingerprint density at radius 2 is 1.96 bits per heavy atom. The zero-order valence-electron chi connectivity index (χ0n) is 12.8. The number of rotatable bonds is 3. The third kappa shape index (κ3) is 3.16. The van der Waals surface area contributed by atoms with E-state index in [1.54, 1.807) is 12.1 Å². The predicted molar refractivity (Wildman–Crippen MR) is 93.6 cm³/mol. The smallest absolute Gasteiger partial charge is 0.270 e. The summed E-state index contributed by atoms with van der Waals surface area (Å²) in [7, 11) is 0. The number of amides is 1. The molecule has 24 heavy (non-hydrogen) atoms. The number of halogens is 1. The molecule has 0 aliphatic carbocycles. The predicted octanol–water partition coefficient (Wildman–Crippen LogP) is 3.81. The molecular formula is C17H14BrN3O3. The molecule has 1 aliphatic heterocycles. The number of nitro groups is 1. The quantitative estimate of drug-likeness (QED) is 0.641. The van der Waals surface area contributed by atoms with Gasteiger partial charge < -0.3 is 0 Å². The molecule has 1 amide bonds. The molecule has 2 aromatic carbocycles. The Hall–Kier alpha value is -2.67. The normalized spacial score (nSPS) is 16.5. The van der Waals surface area contributed by atoms with Gasteiger partial charge in [0.15, 0.2) is 0 Å². The van der Waals surface area contributed by atoms with E-state index in [0.29, 0.717) is 11.3 Å². The van der Waals surface area contributed by atoms with Crippen molar-refractivity contribution in [3.63, 3.8) is 0 Å². The van der Waals surface area contributed by atoms with Crippen molar-refractivity contribution >= 4 is 33.2 Å². The lowest BCUT2D eigenvalue weighted by atomic mass is 10.0. The number of hydrazine groups is 1. The van der Waals surface area contributed by atoms with E-state index < -0.39 is 4.92 Å². The van der Waals surface area contributed by atoms with Crippen LogP contribution in [-0.4, -0.2) is 15.8 Å². The molecule has 0 aromatic heterocycles. The van der Waals surface area contributed by atoms with Gasteiger partial charge in [0, 0.05) is 29.1 Å². The van der Waals surface area contributed by atoms with Gasteiger partial charge in [-0.3, -0.25) is 20.3 Å². The maximum absolute atomic E-state index is 12.0. The Labute approximate surface area is 147 Å². The first kappa shape index (κ1) is 16.2. The molecule has 0 saturated heterocycles. The first-order valence-corrected chi connectivity index (χ1v) is 8.03. The largest absolute Gasteiger partial charge is 0.295 e. The van der Waals surface area contributed by atoms with Crippen molar-refractivity contribution in [2.45, 2.75) is 13.0 Å². The van der Waals surface area contributed by atoms with E-state index in [4.69, 9.17) is 0 Å². The summed E-state index contributed by atoms with van der Waals surface area (Å²) in [6, 6.07) is 13.7. The lowest BCUT2D eigenvalue weighted by molar-refractivity contribution is -0.384. The lowest BCUT2D eigenvalue weighted by Gasteiger charge is -2.24. The first-order chi connectivity index (χ1) is 11.5. The summed E-state index contributed by atoms with van der Waals surface area (Å²) < 4.78 is 0.953. The molecule has 0 bridgehead atoms. The number of benzene rings is 2. The number of hydrogen-bond donors (Lipinski definition) is 1. The number of nitro benzene ring substituents is 1. The van der Waals surface area contributed by atoms with Gasteiger partial charge in [0.1, 0.15) is 0 Å². The van der Waals surface area contributed by atoms with Crippen molar-refractivity contribution in [2.75, 3.05) is 0 Å². The van der Waals surface area contributed by atoms with Crippen molar-refractivity contribution in [3.05, 3.63) is 80.3 Å². The van der Waals surface area contributed by atoms with E-state index in [1.807, 2.05) is 30.3 Å². The Morgan fingerprint density at radius 3 is 2.58 bits per heavy atom. The second-order valence-electron chi connectivity index (χ2n) is 5.38. The highest BCUT2D eigenvalue weighted by Crippen LogP contribution is 2.32. The molecule has 1 N–H and O–H groups in total. The van der Waals surface area contributed by atoms with Crippen molar-refractivity contribution in [2.24, 2.45) is 0 Å². The summed E-state index contributed by atoms with van der Waals surface area (Å²) in [4.78, 5) is 22.5. The summed E-state index contributed by atoms with van der Waals surface area (Å²) in [6.07, 6.45) is 1.89. The Morgan fingerprint density at radius 1 is 1.25 bits per heavy atom. The van der Waals surface area contributed by atoms with Crippen molar-refractivity contribution in [1.29, 1.82) is 0 Å². The zero-order valence-corrected chi connectivity index (χ0v) is 14.4. The van der Waals surface area contributed by atoms with Crippen molar-refractivity contribution in [1.82, 2.24) is 10.4 Å². The van der Waals surface area contributed by atoms with Gasteiger partial charge in [0.05, 0.1) is 16.7 Å². The van der Waals surface area contributed by atoms with Crippen LogP contribution in [0.5, 0.6) is 0 Å². The van der Waals surface area contributed by atoms with Crippen LogP contribution in [0.1, 0.15) is 24.1 Å². The van der Waals surface area contributed by atoms with Crippen LogP contribution in [0.2, 0.25) is 0 Å². The van der Waals surface area contributed by atoms with Gasteiger partial charge in [-0.15, -0.1) is 0 Å². The molecule has 0 spiro atoms. The number of nitrogens with zero attached hydrogens (tertiary/aromatic N) is 2. The van der Waals surface area contributed by atoms with Gasteiger partial charge in [0.25, 0.3) is 5.69 Å². The van der Waals surface area contributed by atoms with Crippen molar-refractivity contribution < 1.29 is 9.72 Å². The average molecular weight is 388 g/mol. The lowest BCUT2D eigenvalue weighted by Crippen LogP contribution is -2.37. The number of carbonyl (C=O) groups excluding carboxylic acids is 1. The van der Waals surface area contributed by atoms with Crippen LogP contribution in [0.3, 0.4) is 0 Å². The van der Waals surface area contributed by atoms with Crippen LogP contribution in [0.25, 0.3) is 5.70 Å². The number of carbonyl (C=O) groups is 1. The molecule has 2 aromatic rings. The summed E-state index contributed by atoms with van der Waals surface area (Å²) in [6.45, 7) is 1.48. The summed E-state index contributed by atoms with van der Waals surface area (Å²) >= 11 is 3.39. The summed E-state index contributed by atoms with van der Waals surface area (Å²) in [5, 5.41) is 12.5. The molecule has 0 saturated carbocycles. The fraction of sp³-hybridized carbons (Fsp3) is 0.118. The van der Waals surface area contributed by atoms with Crippen molar-refractivity contribution in [3.8, 4) is 0 Å². The second-order valence-corrected chi connectivity index (χ2v) is 6.30. The number of non-ortho nitro benzene ring substituents is 1. The summed E-state index contributed by atoms with van der Waals surface area (Å²) in [5.41, 5.74) is 5.33. The molecule has 0 unspecified atom stereocenters. The Bertz CT molecular complexity index is 833. The van der Waals surface area contributed by atoms with E-state index in [-0.39, 0.29) is 17.6 Å². The molecule has 6 nitrogen and oxygen atoms in total. The number of hydrogen-bond acceptors (Lipinski definition) is 4. The first-order valence-electron chi connectivity index (χ1n) is 7.24. The molecule has 122 valence electrons. The fourth-order valence-electron chi connectivity index (χ4n) is 2.60. The minimum absolute atomic E-state index is 0.0108. The molecular weight excluding hydrogens is 374 g/mol. The molecule has 1 aliphatic rings. The summed E-state index contributed by atoms with van der Waals surface area (Å²) in [5.74, 6) is -0.139. The van der Waals surface area contributed by atoms with Crippen LogP contribution in [0, 0.1) is 10.1 Å². The second kappa shape index (κ2) is 6.45. The molecule has 1 atom stereocenters. The van der Waals surface area contributed by atoms with Gasteiger partial charge in [-0.25, -0.2) is 5.01 Å². The molecule has 3 rings (SSSR count). The number of nitrogens with one attached hydrogen (secondary N) is 1. The van der Waals surface area contributed by atoms with E-state index in [9.17, 15) is 14.9 Å². The third-order valence-electron chi connectivity index (χ3n) is 3.76. The van der Waals surface area contributed by atoms with Crippen LogP contribution in [0.15, 0.2) is 59.1 Å². The highest BCUT2D eigenvalue weighted by atomic mass is 79.9. The van der Waals surface area contributed by atoms with E-state index in [2.05, 4.69) is 21.4 Å². The van der Waals surface area contributed by atoms with Gasteiger partial charge in [0.2, 0.25) is 5.91 Å².